The number of fused-ring (bicyclic) bond motifs is 1. The zero-order chi connectivity index (χ0) is 19.8. The van der Waals surface area contributed by atoms with Crippen LogP contribution < -0.4 is 15.4 Å². The third kappa shape index (κ3) is 3.85. The van der Waals surface area contributed by atoms with Crippen LogP contribution >= 0.6 is 0 Å². The molecule has 1 N–H and O–H groups in total. The highest BCUT2D eigenvalue weighted by atomic mass is 16.1. The Kier molecular flexibility index (Phi) is 4.94. The predicted octanol–water partition coefficient (Wildman–Crippen LogP) is 2.45. The Balaban J connectivity index is 1.50. The lowest BCUT2D eigenvalue weighted by molar-refractivity contribution is -0.678. The van der Waals surface area contributed by atoms with Crippen LogP contribution in [0.4, 0.5) is 0 Å². The van der Waals surface area contributed by atoms with Crippen LogP contribution in [-0.2, 0) is 13.1 Å². The number of hydrogen-bond donors (Lipinski definition) is 1. The van der Waals surface area contributed by atoms with E-state index in [9.17, 15) is 4.79 Å². The number of piperazine rings is 1. The first kappa shape index (κ1) is 18.5. The number of hydrogen-bond acceptors (Lipinski definition) is 3. The molecule has 29 heavy (non-hydrogen) atoms. The maximum absolute atomic E-state index is 13.3. The molecule has 1 aliphatic heterocycles. The third-order valence-electron chi connectivity index (χ3n) is 6.28. The Morgan fingerprint density at radius 2 is 1.97 bits per heavy atom. The van der Waals surface area contributed by atoms with Gasteiger partial charge >= 0.3 is 5.56 Å². The Labute approximate surface area is 171 Å². The minimum Gasteiger partial charge on any atom is -0.314 e. The summed E-state index contributed by atoms with van der Waals surface area (Å²) in [4.78, 5) is 15.7. The summed E-state index contributed by atoms with van der Waals surface area (Å²) in [5.41, 5.74) is 4.57. The monoisotopic (exact) mass is 389 g/mol. The van der Waals surface area contributed by atoms with Crippen molar-refractivity contribution >= 4 is 5.65 Å². The van der Waals surface area contributed by atoms with E-state index in [0.29, 0.717) is 6.54 Å². The van der Waals surface area contributed by atoms with Gasteiger partial charge in [-0.05, 0) is 37.3 Å². The highest BCUT2D eigenvalue weighted by Gasteiger charge is 2.29. The largest absolute Gasteiger partial charge is 0.346 e. The highest BCUT2D eigenvalue weighted by molar-refractivity contribution is 5.32. The molecule has 0 radical (unpaired) electrons. The van der Waals surface area contributed by atoms with Crippen LogP contribution in [0.3, 0.4) is 0 Å². The number of aryl methyl sites for hydroxylation is 1. The molecule has 2 fully saturated rings. The lowest BCUT2D eigenvalue weighted by Gasteiger charge is -2.36. The van der Waals surface area contributed by atoms with E-state index in [1.807, 2.05) is 28.8 Å². The lowest BCUT2D eigenvalue weighted by atomic mass is 10.0. The van der Waals surface area contributed by atoms with E-state index in [2.05, 4.69) is 52.2 Å². The minimum absolute atomic E-state index is 0.105. The second-order valence-corrected chi connectivity index (χ2v) is 8.59. The quantitative estimate of drug-likeness (QED) is 0.682. The molecule has 5 rings (SSSR count). The topological polar surface area (TPSA) is 40.6 Å². The summed E-state index contributed by atoms with van der Waals surface area (Å²) in [6, 6.07) is 15.1. The zero-order valence-corrected chi connectivity index (χ0v) is 17.1. The smallest absolute Gasteiger partial charge is 0.314 e. The molecule has 1 saturated carbocycles. The summed E-state index contributed by atoms with van der Waals surface area (Å²) in [5, 5.41) is 3.52. The Morgan fingerprint density at radius 1 is 1.14 bits per heavy atom. The summed E-state index contributed by atoms with van der Waals surface area (Å²) in [7, 11) is 0. The average molecular weight is 390 g/mol. The molecular weight excluding hydrogens is 360 g/mol. The maximum atomic E-state index is 13.3. The molecule has 3 aromatic rings. The first-order valence-electron chi connectivity index (χ1n) is 10.7. The van der Waals surface area contributed by atoms with E-state index in [1.54, 1.807) is 0 Å². The van der Waals surface area contributed by atoms with Crippen molar-refractivity contribution in [3.8, 4) is 0 Å². The minimum atomic E-state index is 0.105. The SMILES string of the molecule is Cc1ccc(C2CNCCN2Cc2c[n+](CC3CC3)c3ccccn3c2=O)cc1. The van der Waals surface area contributed by atoms with Gasteiger partial charge in [0.1, 0.15) is 6.20 Å². The number of rotatable bonds is 5. The Bertz CT molecular complexity index is 1070. The van der Waals surface area contributed by atoms with Gasteiger partial charge in [0.2, 0.25) is 0 Å². The molecule has 1 saturated heterocycles. The van der Waals surface area contributed by atoms with Crippen molar-refractivity contribution in [2.75, 3.05) is 19.6 Å². The van der Waals surface area contributed by atoms with Gasteiger partial charge in [-0.1, -0.05) is 35.9 Å². The van der Waals surface area contributed by atoms with Gasteiger partial charge in [0, 0.05) is 38.3 Å². The zero-order valence-electron chi connectivity index (χ0n) is 17.1. The van der Waals surface area contributed by atoms with Crippen LogP contribution in [-0.4, -0.2) is 28.9 Å². The first-order valence-corrected chi connectivity index (χ1v) is 10.7. The molecule has 2 aliphatic rings. The van der Waals surface area contributed by atoms with Crippen molar-refractivity contribution < 1.29 is 4.57 Å². The van der Waals surface area contributed by atoms with Gasteiger partial charge in [-0.25, -0.2) is 9.36 Å². The van der Waals surface area contributed by atoms with Crippen LogP contribution in [0.2, 0.25) is 0 Å². The van der Waals surface area contributed by atoms with E-state index >= 15 is 0 Å². The number of nitrogens with one attached hydrogen (secondary N) is 1. The summed E-state index contributed by atoms with van der Waals surface area (Å²) >= 11 is 0. The summed E-state index contributed by atoms with van der Waals surface area (Å²) < 4.78 is 4.11. The van der Waals surface area contributed by atoms with Crippen molar-refractivity contribution in [1.82, 2.24) is 14.6 Å². The highest BCUT2D eigenvalue weighted by Crippen LogP contribution is 2.29. The van der Waals surface area contributed by atoms with Crippen LogP contribution in [0, 0.1) is 12.8 Å². The predicted molar refractivity (Wildman–Crippen MR) is 114 cm³/mol. The summed E-state index contributed by atoms with van der Waals surface area (Å²) in [6.45, 7) is 6.62. The van der Waals surface area contributed by atoms with Gasteiger partial charge < -0.3 is 5.32 Å². The molecule has 5 heteroatoms. The van der Waals surface area contributed by atoms with Gasteiger partial charge in [-0.15, -0.1) is 0 Å². The van der Waals surface area contributed by atoms with Crippen molar-refractivity contribution in [1.29, 1.82) is 0 Å². The van der Waals surface area contributed by atoms with Crippen molar-refractivity contribution in [3.63, 3.8) is 0 Å². The van der Waals surface area contributed by atoms with E-state index in [0.717, 1.165) is 43.3 Å². The molecule has 0 spiro atoms. The molecule has 5 nitrogen and oxygen atoms in total. The number of pyridine rings is 1. The molecule has 1 unspecified atom stereocenters. The molecule has 3 heterocycles. The number of aromatic nitrogens is 2. The fraction of sp³-hybridized carbons (Fsp3) is 0.417. The standard InChI is InChI=1S/C24H29N4O/c1-18-5-9-20(10-6-18)22-14-25-11-13-26(22)16-21-17-27(15-19-7-8-19)23-4-2-3-12-28(23)24(21)29/h2-6,9-10,12,17,19,22,25H,7-8,11,13-16H2,1H3/q+1. The van der Waals surface area contributed by atoms with Crippen LogP contribution in [0.15, 0.2) is 59.7 Å². The van der Waals surface area contributed by atoms with Crippen LogP contribution in [0.1, 0.15) is 35.6 Å². The van der Waals surface area contributed by atoms with Gasteiger partial charge in [0.05, 0.1) is 18.3 Å². The van der Waals surface area contributed by atoms with Gasteiger partial charge in [-0.2, -0.15) is 4.40 Å². The third-order valence-corrected chi connectivity index (χ3v) is 6.28. The van der Waals surface area contributed by atoms with Crippen molar-refractivity contribution in [3.05, 3.63) is 81.9 Å². The molecule has 1 aliphatic carbocycles. The van der Waals surface area contributed by atoms with Crippen LogP contribution in [0.25, 0.3) is 5.65 Å². The second kappa shape index (κ2) is 7.73. The molecule has 1 aromatic carbocycles. The van der Waals surface area contributed by atoms with Crippen molar-refractivity contribution in [2.45, 2.75) is 38.9 Å². The summed E-state index contributed by atoms with van der Waals surface area (Å²) in [6.07, 6.45) is 6.62. The second-order valence-electron chi connectivity index (χ2n) is 8.59. The first-order chi connectivity index (χ1) is 14.2. The molecular formula is C24H29N4O+. The van der Waals surface area contributed by atoms with Crippen molar-refractivity contribution in [2.24, 2.45) is 5.92 Å². The van der Waals surface area contributed by atoms with E-state index < -0.39 is 0 Å². The fourth-order valence-electron chi connectivity index (χ4n) is 4.41. The Hall–Kier alpha value is -2.50. The molecule has 2 aromatic heterocycles. The van der Waals surface area contributed by atoms with Gasteiger partial charge in [0.15, 0.2) is 0 Å². The average Bonchev–Trinajstić information content (AvgIpc) is 3.57. The molecule has 150 valence electrons. The van der Waals surface area contributed by atoms with E-state index in [4.69, 9.17) is 0 Å². The van der Waals surface area contributed by atoms with Crippen LogP contribution in [0.5, 0.6) is 0 Å². The van der Waals surface area contributed by atoms with E-state index in [1.165, 1.54) is 24.0 Å². The molecule has 0 bridgehead atoms. The lowest BCUT2D eigenvalue weighted by Crippen LogP contribution is -2.48. The van der Waals surface area contributed by atoms with E-state index in [-0.39, 0.29) is 11.6 Å². The fourth-order valence-corrected chi connectivity index (χ4v) is 4.41. The number of nitrogens with zero attached hydrogens (tertiary/aromatic N) is 3. The van der Waals surface area contributed by atoms with Gasteiger partial charge in [0.25, 0.3) is 5.65 Å². The molecule has 1 atom stereocenters. The molecule has 0 amide bonds. The van der Waals surface area contributed by atoms with Gasteiger partial charge in [-0.3, -0.25) is 4.90 Å². The number of benzene rings is 1. The normalized spacial score (nSPS) is 20.2. The Morgan fingerprint density at radius 3 is 2.76 bits per heavy atom. The summed E-state index contributed by atoms with van der Waals surface area (Å²) in [5.74, 6) is 0.758. The maximum Gasteiger partial charge on any atom is 0.346 e.